The van der Waals surface area contributed by atoms with Gasteiger partial charge in [-0.15, -0.1) is 15.6 Å². The second kappa shape index (κ2) is 16.9. The molecule has 20 nitrogen and oxygen atoms in total. The number of Topliss-reactive ketones (excluding diaryl/α,β-unsaturated/α-hetero) is 1. The van der Waals surface area contributed by atoms with E-state index in [0.29, 0.717) is 23.8 Å². The Bertz CT molecular complexity index is 1900. The summed E-state index contributed by atoms with van der Waals surface area (Å²) in [6.45, 7) is 3.52. The molecule has 4 heterocycles. The minimum atomic E-state index is -5.19. The highest BCUT2D eigenvalue weighted by atomic mass is 32.3. The van der Waals surface area contributed by atoms with Gasteiger partial charge < -0.3 is 36.0 Å². The standard InChI is InChI=1S/C25H30N8O10S2.C2HF3O2/c1-25(2)16(22(35)33(25)43-45(38,39)40)8-19(34)21(18-13-44-24(27)30-18)31-42-20(23(36)37)12-41-15-4-5-17(28-10-15)14-9-29-32(11-14)7-3-6-26;3-2(4,5)1(6)7/h4-5,9-11,13,16,20H,3,6-8,12,26H2,1-2H3,(H2,27,30)(H,36,37)(H,38,39,40);(H,6,7)/p-1/b31-21-;. The van der Waals surface area contributed by atoms with Gasteiger partial charge in [0.15, 0.2) is 16.6 Å². The number of aromatic nitrogens is 4. The lowest BCUT2D eigenvalue weighted by molar-refractivity contribution is -0.344. The van der Waals surface area contributed by atoms with Crippen molar-refractivity contribution in [3.8, 4) is 17.0 Å². The molecular formula is C27H30F3N8O12S2-. The molecule has 1 aliphatic rings. The Morgan fingerprint density at radius 2 is 1.90 bits per heavy atom. The number of carboxylic acids is 2. The molecule has 0 spiro atoms. The first kappa shape index (κ1) is 41.2. The van der Waals surface area contributed by atoms with Gasteiger partial charge >= 0.3 is 22.5 Å². The normalized spacial score (nSPS) is 16.3. The van der Waals surface area contributed by atoms with Crippen LogP contribution < -0.4 is 21.3 Å². The summed E-state index contributed by atoms with van der Waals surface area (Å²) in [7, 11) is -4.99. The smallest absolute Gasteiger partial charge is 0.430 e. The van der Waals surface area contributed by atoms with Crippen LogP contribution in [0.2, 0.25) is 0 Å². The molecule has 0 aliphatic carbocycles. The van der Waals surface area contributed by atoms with Gasteiger partial charge in [0.2, 0.25) is 0 Å². The molecule has 25 heteroatoms. The van der Waals surface area contributed by atoms with E-state index in [-0.39, 0.29) is 16.6 Å². The number of thiazole rings is 1. The molecule has 52 heavy (non-hydrogen) atoms. The van der Waals surface area contributed by atoms with E-state index in [0.717, 1.165) is 23.3 Å². The first-order valence-corrected chi connectivity index (χ1v) is 16.7. The number of pyridine rings is 1. The minimum absolute atomic E-state index is 0.0330. The van der Waals surface area contributed by atoms with Crippen molar-refractivity contribution in [3.05, 3.63) is 41.8 Å². The SMILES string of the molecule is CC1(C)C(CC(=O)/C(=N\OC(COc2ccc(-c3cnn(CCCN)c3)nc2)C(=O)O)c2csc(N)n2)C(=O)N1OS(=O)(=O)O.O=C([O-])C(F)(F)F. The number of nitrogens with two attached hydrogens (primary N) is 2. The van der Waals surface area contributed by atoms with Gasteiger partial charge in [0.1, 0.15) is 24.0 Å². The molecule has 3 aromatic rings. The van der Waals surface area contributed by atoms with Crippen LogP contribution in [0.5, 0.6) is 5.75 Å². The summed E-state index contributed by atoms with van der Waals surface area (Å²) in [6, 6.07) is 3.25. The Balaban J connectivity index is 0.000000944. The number of aryl methyl sites for hydroxylation is 1. The number of hydrogen-bond donors (Lipinski definition) is 4. The summed E-state index contributed by atoms with van der Waals surface area (Å²) < 4.78 is 74.3. The number of carbonyl (C=O) groups is 4. The number of anilines is 1. The topological polar surface area (TPSA) is 305 Å². The van der Waals surface area contributed by atoms with E-state index in [1.165, 1.54) is 25.4 Å². The first-order valence-electron chi connectivity index (χ1n) is 14.5. The van der Waals surface area contributed by atoms with E-state index in [2.05, 4.69) is 24.5 Å². The molecule has 1 amide bonds. The van der Waals surface area contributed by atoms with Gasteiger partial charge in [-0.3, -0.25) is 23.8 Å². The van der Waals surface area contributed by atoms with Crippen LogP contribution in [0.1, 0.15) is 32.4 Å². The number of aliphatic carboxylic acids is 2. The third-order valence-electron chi connectivity index (χ3n) is 6.90. The molecule has 4 rings (SSSR count). The number of carboxylic acid groups (broad SMARTS) is 2. The fraction of sp³-hybridized carbons (Fsp3) is 0.407. The van der Waals surface area contributed by atoms with E-state index >= 15 is 0 Å². The van der Waals surface area contributed by atoms with Crippen LogP contribution in [0.4, 0.5) is 18.3 Å². The van der Waals surface area contributed by atoms with Crippen LogP contribution in [-0.4, -0.2) is 103 Å². The number of carbonyl (C=O) groups excluding carboxylic acids is 3. The fourth-order valence-electron chi connectivity index (χ4n) is 4.23. The summed E-state index contributed by atoms with van der Waals surface area (Å²) in [5.41, 5.74) is 10.8. The number of ether oxygens (including phenoxy) is 1. The number of hydroxylamine groups is 2. The van der Waals surface area contributed by atoms with Crippen molar-refractivity contribution in [3.63, 3.8) is 0 Å². The van der Waals surface area contributed by atoms with Crippen LogP contribution in [0.25, 0.3) is 11.3 Å². The van der Waals surface area contributed by atoms with Gasteiger partial charge in [0, 0.05) is 30.1 Å². The summed E-state index contributed by atoms with van der Waals surface area (Å²) in [4.78, 5) is 60.0. The molecular weight excluding hydrogens is 749 g/mol. The average Bonchev–Trinajstić information content (AvgIpc) is 3.71. The molecule has 1 saturated heterocycles. The Hall–Kier alpha value is -5.24. The van der Waals surface area contributed by atoms with Crippen LogP contribution in [0.15, 0.2) is 41.3 Å². The maximum atomic E-state index is 13.3. The zero-order valence-electron chi connectivity index (χ0n) is 26.9. The van der Waals surface area contributed by atoms with Gasteiger partial charge in [0.25, 0.3) is 12.0 Å². The highest BCUT2D eigenvalue weighted by molar-refractivity contribution is 7.80. The molecule has 6 N–H and O–H groups in total. The van der Waals surface area contributed by atoms with Gasteiger partial charge in [-0.1, -0.05) is 5.16 Å². The summed E-state index contributed by atoms with van der Waals surface area (Å²) in [6.07, 6.45) is -1.72. The number of halogens is 3. The van der Waals surface area contributed by atoms with Crippen molar-refractivity contribution < 1.29 is 69.4 Å². The maximum absolute atomic E-state index is 13.3. The maximum Gasteiger partial charge on any atom is 0.430 e. The van der Waals surface area contributed by atoms with E-state index < -0.39 is 76.5 Å². The molecule has 2 atom stereocenters. The molecule has 0 saturated carbocycles. The van der Waals surface area contributed by atoms with Gasteiger partial charge in [0.05, 0.1) is 29.5 Å². The molecule has 2 unspecified atom stereocenters. The number of alkyl halides is 3. The van der Waals surface area contributed by atoms with Crippen molar-refractivity contribution in [2.24, 2.45) is 16.8 Å². The number of oxime groups is 1. The van der Waals surface area contributed by atoms with Crippen LogP contribution in [0, 0.1) is 5.92 Å². The molecule has 284 valence electrons. The van der Waals surface area contributed by atoms with Crippen LogP contribution in [0.3, 0.4) is 0 Å². The average molecular weight is 780 g/mol. The van der Waals surface area contributed by atoms with Crippen molar-refractivity contribution in [1.29, 1.82) is 0 Å². The highest BCUT2D eigenvalue weighted by Gasteiger charge is 2.57. The van der Waals surface area contributed by atoms with Gasteiger partial charge in [-0.25, -0.2) is 9.78 Å². The lowest BCUT2D eigenvalue weighted by Crippen LogP contribution is -2.68. The molecule has 0 radical (unpaired) electrons. The largest absolute Gasteiger partial charge is 0.542 e. The number of amides is 1. The lowest BCUT2D eigenvalue weighted by Gasteiger charge is -2.50. The van der Waals surface area contributed by atoms with Gasteiger partial charge in [-0.05, 0) is 38.9 Å². The third-order valence-corrected chi connectivity index (χ3v) is 7.91. The summed E-state index contributed by atoms with van der Waals surface area (Å²) >= 11 is 0.978. The van der Waals surface area contributed by atoms with E-state index in [4.69, 9.17) is 35.5 Å². The fourth-order valence-corrected chi connectivity index (χ4v) is 5.23. The number of nitrogen functional groups attached to an aromatic ring is 1. The molecule has 0 aromatic carbocycles. The number of rotatable bonds is 16. The summed E-state index contributed by atoms with van der Waals surface area (Å²) in [5.74, 6) is -6.98. The highest BCUT2D eigenvalue weighted by Crippen LogP contribution is 2.40. The minimum Gasteiger partial charge on any atom is -0.542 e. The number of hydrogen-bond acceptors (Lipinski definition) is 17. The monoisotopic (exact) mass is 779 g/mol. The number of β-lactam (4-membered cyclic amide) rings is 1. The van der Waals surface area contributed by atoms with Crippen molar-refractivity contribution >= 4 is 56.2 Å². The van der Waals surface area contributed by atoms with Crippen molar-refractivity contribution in [1.82, 2.24) is 24.8 Å². The predicted molar refractivity (Wildman–Crippen MR) is 168 cm³/mol. The molecule has 1 fully saturated rings. The second-order valence-electron chi connectivity index (χ2n) is 11.0. The number of ketones is 1. The van der Waals surface area contributed by atoms with Crippen molar-refractivity contribution in [2.75, 3.05) is 18.9 Å². The van der Waals surface area contributed by atoms with E-state index in [9.17, 15) is 41.1 Å². The third kappa shape index (κ3) is 11.1. The van der Waals surface area contributed by atoms with Crippen LogP contribution in [-0.2, 0) is 45.2 Å². The molecule has 1 aliphatic heterocycles. The lowest BCUT2D eigenvalue weighted by atomic mass is 9.74. The van der Waals surface area contributed by atoms with Gasteiger partial charge in [-0.2, -0.15) is 31.8 Å². The number of nitrogens with zero attached hydrogens (tertiary/aromatic N) is 6. The first-order chi connectivity index (χ1) is 24.1. The van der Waals surface area contributed by atoms with Crippen molar-refractivity contribution in [2.45, 2.75) is 51.1 Å². The molecule has 0 bridgehead atoms. The Morgan fingerprint density at radius 1 is 1.23 bits per heavy atom. The second-order valence-corrected chi connectivity index (χ2v) is 12.9. The zero-order valence-corrected chi connectivity index (χ0v) is 28.6. The Labute approximate surface area is 295 Å². The van der Waals surface area contributed by atoms with E-state index in [1.807, 2.05) is 6.20 Å². The zero-order chi connectivity index (χ0) is 39.0. The Morgan fingerprint density at radius 3 is 2.40 bits per heavy atom. The van der Waals surface area contributed by atoms with Crippen LogP contribution >= 0.6 is 11.3 Å². The quantitative estimate of drug-likeness (QED) is 0.0634. The predicted octanol–water partition coefficient (Wildman–Crippen LogP) is -0.185. The summed E-state index contributed by atoms with van der Waals surface area (Å²) in [5, 5.41) is 28.4. The molecule has 3 aromatic heterocycles. The van der Waals surface area contributed by atoms with E-state index in [1.54, 1.807) is 23.0 Å². The Kier molecular flexibility index (Phi) is 13.3.